The smallest absolute Gasteiger partial charge is 0.104 e. The van der Waals surface area contributed by atoms with E-state index < -0.39 is 5.54 Å². The topological polar surface area (TPSA) is 53.1 Å². The minimum Gasteiger partial charge on any atom is -0.313 e. The monoisotopic (exact) mass is 251 g/mol. The van der Waals surface area contributed by atoms with Crippen molar-refractivity contribution in [3.63, 3.8) is 0 Å². The molecule has 0 amide bonds. The maximum absolute atomic E-state index is 9.07. The molecule has 4 unspecified atom stereocenters. The van der Waals surface area contributed by atoms with Gasteiger partial charge in [0.05, 0.1) is 6.07 Å². The molecule has 104 valence electrons. The molecular weight excluding hydrogens is 222 g/mol. The third kappa shape index (κ3) is 3.96. The molecule has 1 aliphatic heterocycles. The van der Waals surface area contributed by atoms with Gasteiger partial charge in [-0.2, -0.15) is 5.26 Å². The first-order valence-electron chi connectivity index (χ1n) is 7.36. The van der Waals surface area contributed by atoms with Crippen LogP contribution in [0.15, 0.2) is 0 Å². The van der Waals surface area contributed by atoms with Crippen LogP contribution in [0.1, 0.15) is 53.4 Å². The van der Waals surface area contributed by atoms with E-state index in [4.69, 9.17) is 11.0 Å². The zero-order valence-corrected chi connectivity index (χ0v) is 12.4. The van der Waals surface area contributed by atoms with Gasteiger partial charge in [0.25, 0.3) is 0 Å². The Labute approximate surface area is 112 Å². The van der Waals surface area contributed by atoms with E-state index in [0.29, 0.717) is 6.04 Å². The van der Waals surface area contributed by atoms with Crippen LogP contribution in [-0.4, -0.2) is 29.6 Å². The lowest BCUT2D eigenvalue weighted by Crippen LogP contribution is -2.46. The number of nitrogens with two attached hydrogens (primary N) is 1. The second-order valence-corrected chi connectivity index (χ2v) is 6.28. The first-order valence-corrected chi connectivity index (χ1v) is 7.36. The summed E-state index contributed by atoms with van der Waals surface area (Å²) in [6.07, 6.45) is 3.92. The van der Waals surface area contributed by atoms with Crippen LogP contribution < -0.4 is 5.73 Å². The zero-order valence-electron chi connectivity index (χ0n) is 12.4. The summed E-state index contributed by atoms with van der Waals surface area (Å²) in [5.41, 5.74) is 5.41. The molecule has 1 saturated heterocycles. The first-order chi connectivity index (χ1) is 8.41. The number of likely N-dealkylation sites (tertiary alicyclic amines) is 1. The molecule has 3 heteroatoms. The maximum Gasteiger partial charge on any atom is 0.104 e. The summed E-state index contributed by atoms with van der Waals surface area (Å²) in [4.78, 5) is 2.58. The molecule has 0 aromatic rings. The van der Waals surface area contributed by atoms with Gasteiger partial charge in [-0.3, -0.25) is 0 Å². The third-order valence-corrected chi connectivity index (χ3v) is 4.64. The summed E-state index contributed by atoms with van der Waals surface area (Å²) in [7, 11) is 0. The molecule has 0 aliphatic carbocycles. The molecule has 0 aromatic carbocycles. The number of nitrogens with zero attached hydrogens (tertiary/aromatic N) is 2. The molecule has 0 aromatic heterocycles. The normalized spacial score (nSPS) is 32.8. The molecule has 2 N–H and O–H groups in total. The Morgan fingerprint density at radius 3 is 2.61 bits per heavy atom. The zero-order chi connectivity index (χ0) is 13.8. The van der Waals surface area contributed by atoms with Crippen molar-refractivity contribution in [1.29, 1.82) is 5.26 Å². The minimum absolute atomic E-state index is 0.615. The van der Waals surface area contributed by atoms with Crippen molar-refractivity contribution in [2.45, 2.75) is 65.0 Å². The van der Waals surface area contributed by atoms with Gasteiger partial charge >= 0.3 is 0 Å². The Morgan fingerprint density at radius 2 is 2.06 bits per heavy atom. The van der Waals surface area contributed by atoms with Crippen LogP contribution in [0.2, 0.25) is 0 Å². The fourth-order valence-corrected chi connectivity index (χ4v) is 3.04. The summed E-state index contributed by atoms with van der Waals surface area (Å²) in [5.74, 6) is 1.57. The van der Waals surface area contributed by atoms with Gasteiger partial charge in [0, 0.05) is 12.6 Å². The minimum atomic E-state index is -0.615. The first kappa shape index (κ1) is 15.5. The Kier molecular flexibility index (Phi) is 5.62. The molecule has 4 atom stereocenters. The quantitative estimate of drug-likeness (QED) is 0.817. The maximum atomic E-state index is 9.07. The molecule has 0 saturated carbocycles. The molecule has 3 nitrogen and oxygen atoms in total. The number of piperidine rings is 1. The number of hydrogen-bond donors (Lipinski definition) is 1. The highest BCUT2D eigenvalue weighted by Crippen LogP contribution is 2.27. The van der Waals surface area contributed by atoms with E-state index in [9.17, 15) is 0 Å². The molecule has 18 heavy (non-hydrogen) atoms. The molecular formula is C15H29N3. The lowest BCUT2D eigenvalue weighted by Gasteiger charge is -2.41. The second-order valence-electron chi connectivity index (χ2n) is 6.28. The highest BCUT2D eigenvalue weighted by molar-refractivity contribution is 5.03. The van der Waals surface area contributed by atoms with E-state index in [1.54, 1.807) is 0 Å². The Morgan fingerprint density at radius 1 is 1.39 bits per heavy atom. The SMILES string of the molecule is CCC(N)(C#N)CCCN1CC(C)CC(C)C1C. The predicted octanol–water partition coefficient (Wildman–Crippen LogP) is 2.76. The Hall–Kier alpha value is -0.590. The summed E-state index contributed by atoms with van der Waals surface area (Å²) in [6, 6.07) is 2.92. The average Bonchev–Trinajstić information content (AvgIpc) is 2.34. The van der Waals surface area contributed by atoms with Crippen molar-refractivity contribution in [1.82, 2.24) is 4.90 Å². The fourth-order valence-electron chi connectivity index (χ4n) is 3.04. The van der Waals surface area contributed by atoms with E-state index >= 15 is 0 Å². The molecule has 1 heterocycles. The summed E-state index contributed by atoms with van der Waals surface area (Å²) >= 11 is 0. The van der Waals surface area contributed by atoms with Crippen LogP contribution in [-0.2, 0) is 0 Å². The van der Waals surface area contributed by atoms with Gasteiger partial charge in [-0.15, -0.1) is 0 Å². The van der Waals surface area contributed by atoms with Crippen LogP contribution >= 0.6 is 0 Å². The highest BCUT2D eigenvalue weighted by atomic mass is 15.2. The third-order valence-electron chi connectivity index (χ3n) is 4.64. The van der Waals surface area contributed by atoms with Crippen LogP contribution in [0.25, 0.3) is 0 Å². The van der Waals surface area contributed by atoms with E-state index in [0.717, 1.165) is 37.6 Å². The van der Waals surface area contributed by atoms with Gasteiger partial charge in [-0.1, -0.05) is 20.8 Å². The number of hydrogen-bond acceptors (Lipinski definition) is 3. The predicted molar refractivity (Wildman–Crippen MR) is 76.0 cm³/mol. The fraction of sp³-hybridized carbons (Fsp3) is 0.933. The molecule has 1 fully saturated rings. The molecule has 1 aliphatic rings. The standard InChI is InChI=1S/C15H29N3/c1-5-15(17,11-16)7-6-8-18-10-12(2)9-13(3)14(18)4/h12-14H,5-10,17H2,1-4H3. The largest absolute Gasteiger partial charge is 0.313 e. The van der Waals surface area contributed by atoms with E-state index in [2.05, 4.69) is 31.7 Å². The van der Waals surface area contributed by atoms with Crippen LogP contribution in [0.3, 0.4) is 0 Å². The summed E-state index contributed by atoms with van der Waals surface area (Å²) in [6.45, 7) is 11.3. The van der Waals surface area contributed by atoms with Crippen molar-refractivity contribution < 1.29 is 0 Å². The highest BCUT2D eigenvalue weighted by Gasteiger charge is 2.29. The molecule has 0 bridgehead atoms. The van der Waals surface area contributed by atoms with Crippen molar-refractivity contribution in [2.24, 2.45) is 17.6 Å². The number of rotatable bonds is 5. The average molecular weight is 251 g/mol. The lowest BCUT2D eigenvalue weighted by atomic mass is 9.85. The van der Waals surface area contributed by atoms with Gasteiger partial charge in [0.2, 0.25) is 0 Å². The van der Waals surface area contributed by atoms with Crippen molar-refractivity contribution >= 4 is 0 Å². The second kappa shape index (κ2) is 6.54. The van der Waals surface area contributed by atoms with Crippen molar-refractivity contribution in [2.75, 3.05) is 13.1 Å². The van der Waals surface area contributed by atoms with Crippen LogP contribution in [0.5, 0.6) is 0 Å². The lowest BCUT2D eigenvalue weighted by molar-refractivity contribution is 0.0770. The molecule has 0 radical (unpaired) electrons. The summed E-state index contributed by atoms with van der Waals surface area (Å²) in [5, 5.41) is 9.07. The van der Waals surface area contributed by atoms with Gasteiger partial charge < -0.3 is 10.6 Å². The van der Waals surface area contributed by atoms with E-state index in [1.807, 2.05) is 6.92 Å². The Balaban J connectivity index is 2.41. The molecule has 1 rings (SSSR count). The van der Waals surface area contributed by atoms with Gasteiger partial charge in [-0.05, 0) is 51.0 Å². The van der Waals surface area contributed by atoms with Gasteiger partial charge in [-0.25, -0.2) is 0 Å². The van der Waals surface area contributed by atoms with Crippen molar-refractivity contribution in [3.05, 3.63) is 0 Å². The van der Waals surface area contributed by atoms with Crippen molar-refractivity contribution in [3.8, 4) is 6.07 Å². The van der Waals surface area contributed by atoms with Crippen LogP contribution in [0.4, 0.5) is 0 Å². The van der Waals surface area contributed by atoms with E-state index in [1.165, 1.54) is 13.0 Å². The van der Waals surface area contributed by atoms with E-state index in [-0.39, 0.29) is 0 Å². The van der Waals surface area contributed by atoms with Gasteiger partial charge in [0.15, 0.2) is 0 Å². The summed E-state index contributed by atoms with van der Waals surface area (Å²) < 4.78 is 0. The van der Waals surface area contributed by atoms with Gasteiger partial charge in [0.1, 0.15) is 5.54 Å². The molecule has 0 spiro atoms. The number of nitriles is 1. The van der Waals surface area contributed by atoms with Crippen LogP contribution in [0, 0.1) is 23.2 Å². The Bertz CT molecular complexity index is 297.